The number of fused-ring (bicyclic) bond motifs is 1. The Hall–Kier alpha value is -1.09. The van der Waals surface area contributed by atoms with E-state index in [1.807, 2.05) is 0 Å². The molecule has 1 fully saturated rings. The molecule has 3 nitrogen and oxygen atoms in total. The van der Waals surface area contributed by atoms with Gasteiger partial charge in [0.05, 0.1) is 0 Å². The third-order valence-electron chi connectivity index (χ3n) is 4.40. The van der Waals surface area contributed by atoms with E-state index in [-0.39, 0.29) is 0 Å². The Balaban J connectivity index is 2.01. The van der Waals surface area contributed by atoms with E-state index in [2.05, 4.69) is 17.9 Å². The SMILES string of the molecule is CC1CCCN1c1nc2c(cc1CN)CCCC2. The number of nitrogens with two attached hydrogens (primary N) is 1. The predicted molar refractivity (Wildman–Crippen MR) is 74.8 cm³/mol. The molecule has 0 bridgehead atoms. The highest BCUT2D eigenvalue weighted by molar-refractivity contribution is 5.52. The lowest BCUT2D eigenvalue weighted by atomic mass is 9.94. The van der Waals surface area contributed by atoms with Crippen molar-refractivity contribution in [1.82, 2.24) is 4.98 Å². The molecular formula is C15H23N3. The highest BCUT2D eigenvalue weighted by atomic mass is 15.2. The van der Waals surface area contributed by atoms with Gasteiger partial charge in [-0.3, -0.25) is 0 Å². The van der Waals surface area contributed by atoms with Gasteiger partial charge in [0, 0.05) is 30.4 Å². The molecule has 98 valence electrons. The number of aryl methyl sites for hydroxylation is 2. The Labute approximate surface area is 109 Å². The molecule has 0 radical (unpaired) electrons. The van der Waals surface area contributed by atoms with Crippen molar-refractivity contribution < 1.29 is 0 Å². The standard InChI is InChI=1S/C15H23N3/c1-11-5-4-8-18(11)15-13(10-16)9-12-6-2-3-7-14(12)17-15/h9,11H,2-8,10,16H2,1H3. The van der Waals surface area contributed by atoms with Crippen molar-refractivity contribution in [1.29, 1.82) is 0 Å². The van der Waals surface area contributed by atoms with Gasteiger partial charge in [0.1, 0.15) is 5.82 Å². The molecule has 2 aliphatic rings. The Kier molecular flexibility index (Phi) is 3.25. The summed E-state index contributed by atoms with van der Waals surface area (Å²) in [5.41, 5.74) is 9.94. The summed E-state index contributed by atoms with van der Waals surface area (Å²) in [7, 11) is 0. The minimum atomic E-state index is 0.610. The molecule has 3 heteroatoms. The zero-order valence-corrected chi connectivity index (χ0v) is 11.3. The molecule has 1 aliphatic heterocycles. The molecule has 1 aromatic heterocycles. The zero-order valence-electron chi connectivity index (χ0n) is 11.3. The normalized spacial score (nSPS) is 23.2. The number of anilines is 1. The largest absolute Gasteiger partial charge is 0.354 e. The third-order valence-corrected chi connectivity index (χ3v) is 4.40. The number of rotatable bonds is 2. The topological polar surface area (TPSA) is 42.2 Å². The second-order valence-electron chi connectivity index (χ2n) is 5.67. The van der Waals surface area contributed by atoms with Crippen LogP contribution in [0.1, 0.15) is 49.4 Å². The monoisotopic (exact) mass is 245 g/mol. The molecule has 2 heterocycles. The molecule has 0 spiro atoms. The number of hydrogen-bond acceptors (Lipinski definition) is 3. The molecule has 1 saturated heterocycles. The van der Waals surface area contributed by atoms with E-state index in [4.69, 9.17) is 10.7 Å². The average molecular weight is 245 g/mol. The quantitative estimate of drug-likeness (QED) is 0.870. The lowest BCUT2D eigenvalue weighted by Crippen LogP contribution is -2.29. The summed E-state index contributed by atoms with van der Waals surface area (Å²) in [4.78, 5) is 7.42. The van der Waals surface area contributed by atoms with E-state index in [0.717, 1.165) is 13.0 Å². The van der Waals surface area contributed by atoms with E-state index in [9.17, 15) is 0 Å². The van der Waals surface area contributed by atoms with Crippen LogP contribution in [0.2, 0.25) is 0 Å². The third kappa shape index (κ3) is 2.01. The second kappa shape index (κ2) is 4.88. The van der Waals surface area contributed by atoms with Crippen LogP contribution in [0.4, 0.5) is 5.82 Å². The Morgan fingerprint density at radius 3 is 2.89 bits per heavy atom. The van der Waals surface area contributed by atoms with Crippen molar-refractivity contribution >= 4 is 5.82 Å². The van der Waals surface area contributed by atoms with E-state index < -0.39 is 0 Å². The van der Waals surface area contributed by atoms with Gasteiger partial charge in [-0.05, 0) is 57.1 Å². The van der Waals surface area contributed by atoms with Gasteiger partial charge in [0.15, 0.2) is 0 Å². The minimum Gasteiger partial charge on any atom is -0.354 e. The molecule has 18 heavy (non-hydrogen) atoms. The van der Waals surface area contributed by atoms with Gasteiger partial charge in [0.2, 0.25) is 0 Å². The van der Waals surface area contributed by atoms with Crippen molar-refractivity contribution in [3.05, 3.63) is 22.9 Å². The van der Waals surface area contributed by atoms with Crippen LogP contribution in [0, 0.1) is 0 Å². The molecule has 1 unspecified atom stereocenters. The molecule has 0 aromatic carbocycles. The van der Waals surface area contributed by atoms with E-state index >= 15 is 0 Å². The lowest BCUT2D eigenvalue weighted by Gasteiger charge is -2.27. The van der Waals surface area contributed by atoms with Crippen LogP contribution in [-0.2, 0) is 19.4 Å². The van der Waals surface area contributed by atoms with Crippen LogP contribution >= 0.6 is 0 Å². The maximum Gasteiger partial charge on any atom is 0.133 e. The highest BCUT2D eigenvalue weighted by Gasteiger charge is 2.25. The van der Waals surface area contributed by atoms with Crippen molar-refractivity contribution in [3.8, 4) is 0 Å². The van der Waals surface area contributed by atoms with Gasteiger partial charge in [-0.2, -0.15) is 0 Å². The van der Waals surface area contributed by atoms with Crippen LogP contribution in [0.5, 0.6) is 0 Å². The first-order valence-electron chi connectivity index (χ1n) is 7.28. The molecule has 0 saturated carbocycles. The highest BCUT2D eigenvalue weighted by Crippen LogP contribution is 2.30. The summed E-state index contributed by atoms with van der Waals surface area (Å²) >= 11 is 0. The van der Waals surface area contributed by atoms with Gasteiger partial charge < -0.3 is 10.6 Å². The fourth-order valence-electron chi connectivity index (χ4n) is 3.32. The summed E-state index contributed by atoms with van der Waals surface area (Å²) in [6, 6.07) is 2.94. The molecule has 3 rings (SSSR count). The molecule has 1 aliphatic carbocycles. The van der Waals surface area contributed by atoms with Crippen molar-refractivity contribution in [3.63, 3.8) is 0 Å². The van der Waals surface area contributed by atoms with Gasteiger partial charge in [0.25, 0.3) is 0 Å². The van der Waals surface area contributed by atoms with Crippen molar-refractivity contribution in [2.45, 2.75) is 58.0 Å². The summed E-state index contributed by atoms with van der Waals surface area (Å²) < 4.78 is 0. The maximum atomic E-state index is 5.93. The lowest BCUT2D eigenvalue weighted by molar-refractivity contribution is 0.657. The second-order valence-corrected chi connectivity index (χ2v) is 5.67. The van der Waals surface area contributed by atoms with E-state index in [0.29, 0.717) is 12.6 Å². The van der Waals surface area contributed by atoms with Gasteiger partial charge >= 0.3 is 0 Å². The fourth-order valence-corrected chi connectivity index (χ4v) is 3.32. The summed E-state index contributed by atoms with van der Waals surface area (Å²) in [5, 5.41) is 0. The molecular weight excluding hydrogens is 222 g/mol. The van der Waals surface area contributed by atoms with E-state index in [1.54, 1.807) is 0 Å². The average Bonchev–Trinajstić information content (AvgIpc) is 2.83. The Bertz CT molecular complexity index is 442. The minimum absolute atomic E-state index is 0.610. The van der Waals surface area contributed by atoms with Gasteiger partial charge in [-0.1, -0.05) is 0 Å². The molecule has 1 aromatic rings. The van der Waals surface area contributed by atoms with Crippen molar-refractivity contribution in [2.24, 2.45) is 5.73 Å². The summed E-state index contributed by atoms with van der Waals surface area (Å²) in [6.07, 6.45) is 7.49. The molecule has 2 N–H and O–H groups in total. The number of aromatic nitrogens is 1. The van der Waals surface area contributed by atoms with Crippen LogP contribution in [0.3, 0.4) is 0 Å². The Morgan fingerprint density at radius 2 is 2.17 bits per heavy atom. The van der Waals surface area contributed by atoms with Crippen LogP contribution < -0.4 is 10.6 Å². The first-order valence-corrected chi connectivity index (χ1v) is 7.28. The zero-order chi connectivity index (χ0) is 12.5. The van der Waals surface area contributed by atoms with E-state index in [1.165, 1.54) is 54.7 Å². The molecule has 1 atom stereocenters. The predicted octanol–water partition coefficient (Wildman–Crippen LogP) is 2.41. The van der Waals surface area contributed by atoms with Gasteiger partial charge in [-0.25, -0.2) is 4.98 Å². The summed E-state index contributed by atoms with van der Waals surface area (Å²) in [6.45, 7) is 4.05. The van der Waals surface area contributed by atoms with Crippen LogP contribution in [-0.4, -0.2) is 17.6 Å². The Morgan fingerprint density at radius 1 is 1.33 bits per heavy atom. The van der Waals surface area contributed by atoms with Crippen LogP contribution in [0.15, 0.2) is 6.07 Å². The van der Waals surface area contributed by atoms with Crippen LogP contribution in [0.25, 0.3) is 0 Å². The number of nitrogens with zero attached hydrogens (tertiary/aromatic N) is 2. The van der Waals surface area contributed by atoms with Crippen molar-refractivity contribution in [2.75, 3.05) is 11.4 Å². The molecule has 0 amide bonds. The fraction of sp³-hybridized carbons (Fsp3) is 0.667. The number of pyridine rings is 1. The first-order chi connectivity index (χ1) is 8.79. The smallest absolute Gasteiger partial charge is 0.133 e. The maximum absolute atomic E-state index is 5.93. The first kappa shape index (κ1) is 12.0. The van der Waals surface area contributed by atoms with Gasteiger partial charge in [-0.15, -0.1) is 0 Å². The number of hydrogen-bond donors (Lipinski definition) is 1. The summed E-state index contributed by atoms with van der Waals surface area (Å²) in [5.74, 6) is 1.17.